The van der Waals surface area contributed by atoms with Crippen molar-refractivity contribution in [2.75, 3.05) is 0 Å². The summed E-state index contributed by atoms with van der Waals surface area (Å²) in [6.07, 6.45) is 0.869. The molecule has 2 rings (SSSR count). The van der Waals surface area contributed by atoms with Crippen LogP contribution >= 0.6 is 0 Å². The smallest absolute Gasteiger partial charge is 0.339 e. The Hall–Kier alpha value is -2.62. The molecule has 0 bridgehead atoms. The van der Waals surface area contributed by atoms with Crippen LogP contribution in [0.4, 0.5) is 0 Å². The van der Waals surface area contributed by atoms with E-state index >= 15 is 0 Å². The third-order valence-corrected chi connectivity index (χ3v) is 3.14. The van der Waals surface area contributed by atoms with Crippen molar-refractivity contribution in [2.45, 2.75) is 13.3 Å². The zero-order chi connectivity index (χ0) is 14.7. The molecular formula is C16H14O4. The molecule has 0 aliphatic heterocycles. The minimum atomic E-state index is -1.27. The summed E-state index contributed by atoms with van der Waals surface area (Å²) < 4.78 is 0. The average molecular weight is 270 g/mol. The van der Waals surface area contributed by atoms with Crippen molar-refractivity contribution in [3.63, 3.8) is 0 Å². The van der Waals surface area contributed by atoms with Crippen LogP contribution in [0.15, 0.2) is 42.5 Å². The minimum Gasteiger partial charge on any atom is -0.506 e. The van der Waals surface area contributed by atoms with Gasteiger partial charge < -0.3 is 10.2 Å². The van der Waals surface area contributed by atoms with Crippen molar-refractivity contribution in [2.24, 2.45) is 0 Å². The van der Waals surface area contributed by atoms with Gasteiger partial charge in [-0.15, -0.1) is 0 Å². The number of aryl methyl sites for hydroxylation is 1. The fraction of sp³-hybridized carbons (Fsp3) is 0.125. The largest absolute Gasteiger partial charge is 0.506 e. The topological polar surface area (TPSA) is 74.6 Å². The number of benzene rings is 2. The Bertz CT molecular complexity index is 657. The highest BCUT2D eigenvalue weighted by atomic mass is 16.4. The number of aromatic hydroxyl groups is 1. The van der Waals surface area contributed by atoms with Gasteiger partial charge in [0.2, 0.25) is 0 Å². The molecule has 2 aromatic carbocycles. The molecule has 0 radical (unpaired) electrons. The Morgan fingerprint density at radius 3 is 2.15 bits per heavy atom. The van der Waals surface area contributed by atoms with Crippen LogP contribution in [0.1, 0.15) is 38.8 Å². The molecule has 0 aromatic heterocycles. The highest BCUT2D eigenvalue weighted by Gasteiger charge is 2.18. The Morgan fingerprint density at radius 2 is 1.60 bits per heavy atom. The summed E-state index contributed by atoms with van der Waals surface area (Å²) in [7, 11) is 0. The number of carbonyl (C=O) groups is 2. The highest BCUT2D eigenvalue weighted by molar-refractivity contribution is 6.12. The van der Waals surface area contributed by atoms with Crippen molar-refractivity contribution >= 4 is 11.8 Å². The summed E-state index contributed by atoms with van der Waals surface area (Å²) in [6, 6.07) is 11.1. The van der Waals surface area contributed by atoms with E-state index < -0.39 is 17.5 Å². The van der Waals surface area contributed by atoms with Crippen LogP contribution in [0.5, 0.6) is 5.75 Å². The maximum Gasteiger partial charge on any atom is 0.339 e. The zero-order valence-electron chi connectivity index (χ0n) is 11.0. The van der Waals surface area contributed by atoms with E-state index in [0.717, 1.165) is 12.0 Å². The fourth-order valence-electron chi connectivity index (χ4n) is 1.95. The first-order valence-corrected chi connectivity index (χ1v) is 6.23. The van der Waals surface area contributed by atoms with E-state index in [-0.39, 0.29) is 11.1 Å². The first-order chi connectivity index (χ1) is 9.54. The van der Waals surface area contributed by atoms with Crippen LogP contribution in [0.25, 0.3) is 0 Å². The second-order valence-corrected chi connectivity index (χ2v) is 4.39. The number of para-hydroxylation sites is 1. The Balaban J connectivity index is 2.42. The predicted molar refractivity (Wildman–Crippen MR) is 74.3 cm³/mol. The molecule has 20 heavy (non-hydrogen) atoms. The molecule has 4 nitrogen and oxygen atoms in total. The van der Waals surface area contributed by atoms with E-state index in [4.69, 9.17) is 5.11 Å². The van der Waals surface area contributed by atoms with Gasteiger partial charge in [-0.3, -0.25) is 4.79 Å². The fourth-order valence-corrected chi connectivity index (χ4v) is 1.95. The van der Waals surface area contributed by atoms with Crippen LogP contribution in [-0.4, -0.2) is 22.0 Å². The van der Waals surface area contributed by atoms with Gasteiger partial charge in [-0.05, 0) is 24.1 Å². The summed E-state index contributed by atoms with van der Waals surface area (Å²) >= 11 is 0. The third kappa shape index (κ3) is 2.54. The zero-order valence-corrected chi connectivity index (χ0v) is 11.0. The number of rotatable bonds is 4. The van der Waals surface area contributed by atoms with Gasteiger partial charge in [0.15, 0.2) is 5.78 Å². The molecule has 0 atom stereocenters. The van der Waals surface area contributed by atoms with Crippen LogP contribution < -0.4 is 0 Å². The third-order valence-electron chi connectivity index (χ3n) is 3.14. The van der Waals surface area contributed by atoms with E-state index in [9.17, 15) is 14.7 Å². The Morgan fingerprint density at radius 1 is 1.00 bits per heavy atom. The highest BCUT2D eigenvalue weighted by Crippen LogP contribution is 2.25. The van der Waals surface area contributed by atoms with Gasteiger partial charge in [0, 0.05) is 5.56 Å². The predicted octanol–water partition coefficient (Wildman–Crippen LogP) is 2.88. The van der Waals surface area contributed by atoms with Crippen molar-refractivity contribution in [1.29, 1.82) is 0 Å². The summed E-state index contributed by atoms with van der Waals surface area (Å²) in [5, 5.41) is 18.8. The molecule has 0 saturated heterocycles. The molecule has 0 spiro atoms. The number of carboxylic acid groups (broad SMARTS) is 1. The van der Waals surface area contributed by atoms with E-state index in [1.54, 1.807) is 12.1 Å². The average Bonchev–Trinajstić information content (AvgIpc) is 2.46. The quantitative estimate of drug-likeness (QED) is 0.838. The van der Waals surface area contributed by atoms with Crippen LogP contribution in [0, 0.1) is 0 Å². The standard InChI is InChI=1S/C16H14O4/c1-2-10-6-8-11(9-7-10)14(17)12-4-3-5-13(15(12)18)16(19)20/h3-9,18H,2H2,1H3,(H,19,20). The molecule has 0 fully saturated rings. The van der Waals surface area contributed by atoms with Crippen LogP contribution in [0.2, 0.25) is 0 Å². The van der Waals surface area contributed by atoms with Crippen LogP contribution in [-0.2, 0) is 6.42 Å². The van der Waals surface area contributed by atoms with Crippen molar-refractivity contribution in [3.8, 4) is 5.75 Å². The molecule has 0 saturated carbocycles. The van der Waals surface area contributed by atoms with Gasteiger partial charge >= 0.3 is 5.97 Å². The number of carboxylic acids is 1. The summed E-state index contributed by atoms with van der Waals surface area (Å²) in [5.74, 6) is -2.16. The molecule has 4 heteroatoms. The maximum atomic E-state index is 12.3. The Labute approximate surface area is 116 Å². The molecule has 0 aliphatic rings. The van der Waals surface area contributed by atoms with Gasteiger partial charge in [-0.2, -0.15) is 0 Å². The second kappa shape index (κ2) is 5.57. The van der Waals surface area contributed by atoms with Crippen molar-refractivity contribution in [3.05, 3.63) is 64.7 Å². The van der Waals surface area contributed by atoms with Crippen molar-refractivity contribution in [1.82, 2.24) is 0 Å². The molecule has 102 valence electrons. The van der Waals surface area contributed by atoms with Crippen molar-refractivity contribution < 1.29 is 19.8 Å². The van der Waals surface area contributed by atoms with E-state index in [1.807, 2.05) is 19.1 Å². The van der Waals surface area contributed by atoms with E-state index in [0.29, 0.717) is 5.56 Å². The molecule has 0 heterocycles. The SMILES string of the molecule is CCc1ccc(C(=O)c2cccc(C(=O)O)c2O)cc1. The number of phenols is 1. The lowest BCUT2D eigenvalue weighted by atomic mass is 9.99. The number of aromatic carboxylic acids is 1. The van der Waals surface area contributed by atoms with Crippen LogP contribution in [0.3, 0.4) is 0 Å². The van der Waals surface area contributed by atoms with Gasteiger partial charge in [0.05, 0.1) is 5.56 Å². The number of carbonyl (C=O) groups excluding carboxylic acids is 1. The molecule has 0 unspecified atom stereocenters. The summed E-state index contributed by atoms with van der Waals surface area (Å²) in [4.78, 5) is 23.2. The lowest BCUT2D eigenvalue weighted by molar-refractivity contribution is 0.0693. The molecule has 2 aromatic rings. The Kier molecular flexibility index (Phi) is 3.84. The number of ketones is 1. The molecule has 0 amide bonds. The molecular weight excluding hydrogens is 256 g/mol. The van der Waals surface area contributed by atoms with E-state index in [2.05, 4.69) is 0 Å². The second-order valence-electron chi connectivity index (χ2n) is 4.39. The molecule has 0 aliphatic carbocycles. The lowest BCUT2D eigenvalue weighted by Crippen LogP contribution is -2.05. The van der Waals surface area contributed by atoms with Gasteiger partial charge in [-0.25, -0.2) is 4.79 Å². The maximum absolute atomic E-state index is 12.3. The monoisotopic (exact) mass is 270 g/mol. The summed E-state index contributed by atoms with van der Waals surface area (Å²) in [5.41, 5.74) is 1.24. The first kappa shape index (κ1) is 13.8. The van der Waals surface area contributed by atoms with Gasteiger partial charge in [-0.1, -0.05) is 37.3 Å². The number of hydrogen-bond acceptors (Lipinski definition) is 3. The summed E-state index contributed by atoms with van der Waals surface area (Å²) in [6.45, 7) is 2.01. The van der Waals surface area contributed by atoms with E-state index in [1.165, 1.54) is 18.2 Å². The minimum absolute atomic E-state index is 0.00542. The normalized spacial score (nSPS) is 10.2. The lowest BCUT2D eigenvalue weighted by Gasteiger charge is -2.07. The number of hydrogen-bond donors (Lipinski definition) is 2. The molecule has 2 N–H and O–H groups in total. The van der Waals surface area contributed by atoms with Gasteiger partial charge in [0.25, 0.3) is 0 Å². The first-order valence-electron chi connectivity index (χ1n) is 6.23. The van der Waals surface area contributed by atoms with Gasteiger partial charge in [0.1, 0.15) is 11.3 Å².